The molecule has 0 aliphatic heterocycles. The van der Waals surface area contributed by atoms with Gasteiger partial charge in [0.05, 0.1) is 0 Å². The van der Waals surface area contributed by atoms with Gasteiger partial charge in [-0.2, -0.15) is 0 Å². The summed E-state index contributed by atoms with van der Waals surface area (Å²) in [7, 11) is 0. The molecule has 0 atom stereocenters. The number of hydrogen-bond acceptors (Lipinski definition) is 1. The van der Waals surface area contributed by atoms with E-state index in [1.54, 1.807) is 0 Å². The van der Waals surface area contributed by atoms with Crippen LogP contribution in [0, 0.1) is 0 Å². The number of rotatable bonds is 0. The Labute approximate surface area is 36.3 Å². The molecule has 6 heteroatoms. The van der Waals surface area contributed by atoms with E-state index in [1.165, 1.54) is 0 Å². The third kappa shape index (κ3) is 1630. The normalized spacial score (nSPS) is 19.0. The van der Waals surface area contributed by atoms with E-state index >= 15 is 0 Å². The van der Waals surface area contributed by atoms with Crippen LogP contribution in [-0.2, 0) is 16.4 Å². The van der Waals surface area contributed by atoms with Crippen LogP contribution in [0.15, 0.2) is 0 Å². The molecule has 0 aromatic carbocycles. The van der Waals surface area contributed by atoms with Crippen LogP contribution in [0.3, 0.4) is 0 Å². The van der Waals surface area contributed by atoms with Crippen LogP contribution in [0.5, 0.6) is 0 Å². The van der Waals surface area contributed by atoms with Crippen molar-refractivity contribution in [1.29, 1.82) is 0 Å². The first kappa shape index (κ1) is 6.16. The molecule has 5 nitrogen and oxygen atoms in total. The molecular formula is H8CuN4O. The summed E-state index contributed by atoms with van der Waals surface area (Å²) in [5, 5.41) is 0. The van der Waals surface area contributed by atoms with E-state index in [0.29, 0.717) is 0 Å². The quantitative estimate of drug-likeness (QED) is 0.280. The minimum atomic E-state index is -4.06. The topological polar surface area (TPSA) is 121 Å². The van der Waals surface area contributed by atoms with Crippen molar-refractivity contribution in [3.8, 4) is 0 Å². The molecular weight excluding hydrogens is 136 g/mol. The van der Waals surface area contributed by atoms with Crippen molar-refractivity contribution in [3.63, 3.8) is 0 Å². The molecule has 0 aromatic heterocycles. The summed E-state index contributed by atoms with van der Waals surface area (Å²) in [6, 6.07) is 0. The molecule has 6 heavy (non-hydrogen) atoms. The molecule has 8 N–H and O–H groups in total. The van der Waals surface area contributed by atoms with E-state index in [2.05, 4.69) is 19.0 Å². The van der Waals surface area contributed by atoms with Gasteiger partial charge in [-0.05, 0) is 0 Å². The Morgan fingerprint density at radius 3 is 1.00 bits per heavy atom. The van der Waals surface area contributed by atoms with Crippen LogP contribution < -0.4 is 19.0 Å². The fraction of sp³-hybridized carbons (Fsp3) is 0. The van der Waals surface area contributed by atoms with Crippen LogP contribution >= 0.6 is 0 Å². The van der Waals surface area contributed by atoms with Gasteiger partial charge in [-0.15, -0.1) is 0 Å². The van der Waals surface area contributed by atoms with Crippen molar-refractivity contribution in [3.05, 3.63) is 0 Å². The van der Waals surface area contributed by atoms with Gasteiger partial charge in [0.25, 0.3) is 0 Å². The predicted octanol–water partition coefficient (Wildman–Crippen LogP) is -2.48. The molecule has 0 fully saturated rings. The van der Waals surface area contributed by atoms with Crippen LogP contribution in [0.1, 0.15) is 0 Å². The van der Waals surface area contributed by atoms with E-state index in [9.17, 15) is 3.83 Å². The molecule has 0 aromatic rings. The van der Waals surface area contributed by atoms with Crippen molar-refractivity contribution < 1.29 is 16.4 Å². The van der Waals surface area contributed by atoms with Crippen LogP contribution in [0.2, 0.25) is 0 Å². The van der Waals surface area contributed by atoms with Crippen LogP contribution in [0.4, 0.5) is 0 Å². The SMILES string of the molecule is [NH2][Cu]([NH2])([NH2])([NH2])=[O]. The van der Waals surface area contributed by atoms with Crippen molar-refractivity contribution in [2.24, 2.45) is 19.0 Å². The third-order valence-corrected chi connectivity index (χ3v) is 0. The summed E-state index contributed by atoms with van der Waals surface area (Å²) in [5.74, 6) is 0. The van der Waals surface area contributed by atoms with E-state index in [-0.39, 0.29) is 0 Å². The zero-order valence-electron chi connectivity index (χ0n) is 3.02. The minimum absolute atomic E-state index is 4.06. The summed E-state index contributed by atoms with van der Waals surface area (Å²) in [4.78, 5) is 0. The fourth-order valence-corrected chi connectivity index (χ4v) is 0. The predicted molar refractivity (Wildman–Crippen MR) is 17.4 cm³/mol. The average Bonchev–Trinajstić information content (AvgIpc) is 0.650. The second kappa shape index (κ2) is 0.865. The fourth-order valence-electron chi connectivity index (χ4n) is 0. The molecule has 0 spiro atoms. The Hall–Kier alpha value is 0.159. The van der Waals surface area contributed by atoms with Gasteiger partial charge in [-0.25, -0.2) is 0 Å². The van der Waals surface area contributed by atoms with E-state index in [4.69, 9.17) is 0 Å². The van der Waals surface area contributed by atoms with Gasteiger partial charge >= 0.3 is 35.4 Å². The Balaban J connectivity index is 4.16. The Bertz CT molecular complexity index is 85.2. The molecule has 0 rings (SSSR count). The van der Waals surface area contributed by atoms with Crippen molar-refractivity contribution in [2.45, 2.75) is 0 Å². The van der Waals surface area contributed by atoms with Gasteiger partial charge in [0.15, 0.2) is 0 Å². The Morgan fingerprint density at radius 2 is 1.00 bits per heavy atom. The Kier molecular flexibility index (Phi) is 0.888. The van der Waals surface area contributed by atoms with Gasteiger partial charge in [-0.1, -0.05) is 0 Å². The van der Waals surface area contributed by atoms with Gasteiger partial charge in [-0.3, -0.25) is 0 Å². The zero-order valence-corrected chi connectivity index (χ0v) is 3.96. The first-order chi connectivity index (χ1) is 2.24. The molecule has 0 saturated carbocycles. The van der Waals surface area contributed by atoms with E-state index in [0.717, 1.165) is 0 Å². The van der Waals surface area contributed by atoms with Gasteiger partial charge in [0.2, 0.25) is 0 Å². The van der Waals surface area contributed by atoms with E-state index < -0.39 is 12.6 Å². The van der Waals surface area contributed by atoms with Gasteiger partial charge in [0, 0.05) is 0 Å². The maximum absolute atomic E-state index is 9.90. The standard InChI is InChI=1S/Cu.4H2N.O/h;4*1H2;/q+4;4*-1;. The molecule has 0 radical (unpaired) electrons. The average molecular weight is 144 g/mol. The van der Waals surface area contributed by atoms with Gasteiger partial charge in [0.1, 0.15) is 0 Å². The zero-order chi connectivity index (χ0) is 5.45. The summed E-state index contributed by atoms with van der Waals surface area (Å²) in [6.45, 7) is 0. The molecule has 0 amide bonds. The van der Waals surface area contributed by atoms with Crippen LogP contribution in [0.25, 0.3) is 0 Å². The second-order valence-electron chi connectivity index (χ2n) is 0.887. The summed E-state index contributed by atoms with van der Waals surface area (Å²) >= 11 is -4.06. The molecule has 45 valence electrons. The molecule has 0 saturated heterocycles. The molecule has 0 heterocycles. The molecule has 0 aliphatic carbocycles. The van der Waals surface area contributed by atoms with Crippen molar-refractivity contribution in [2.75, 3.05) is 0 Å². The van der Waals surface area contributed by atoms with Crippen molar-refractivity contribution >= 4 is 0 Å². The number of nitrogens with two attached hydrogens (primary N) is 4. The first-order valence-corrected chi connectivity index (χ1v) is 3.38. The first-order valence-electron chi connectivity index (χ1n) is 0.819. The molecule has 0 unspecified atom stereocenters. The molecule has 0 aliphatic rings. The van der Waals surface area contributed by atoms with Crippen LogP contribution in [-0.4, -0.2) is 0 Å². The Morgan fingerprint density at radius 1 is 1.00 bits per heavy atom. The summed E-state index contributed by atoms with van der Waals surface area (Å²) < 4.78 is 27.8. The molecule has 0 bridgehead atoms. The van der Waals surface area contributed by atoms with Gasteiger partial charge < -0.3 is 0 Å². The summed E-state index contributed by atoms with van der Waals surface area (Å²) in [6.07, 6.45) is 0. The van der Waals surface area contributed by atoms with E-state index in [1.807, 2.05) is 0 Å². The monoisotopic (exact) mass is 143 g/mol. The second-order valence-corrected chi connectivity index (χ2v) is 3.66. The number of hydrogen-bond donors (Lipinski definition) is 4. The summed E-state index contributed by atoms with van der Waals surface area (Å²) in [5.41, 5.74) is 0. The van der Waals surface area contributed by atoms with Crippen molar-refractivity contribution in [1.82, 2.24) is 0 Å². The maximum atomic E-state index is 9.90. The third-order valence-electron chi connectivity index (χ3n) is 0.